The molecule has 0 aliphatic carbocycles. The number of carbonyl (C=O) groups is 1. The van der Waals surface area contributed by atoms with Crippen LogP contribution in [0.3, 0.4) is 0 Å². The van der Waals surface area contributed by atoms with Crippen molar-refractivity contribution in [3.63, 3.8) is 0 Å². The molecule has 4 heteroatoms. The summed E-state index contributed by atoms with van der Waals surface area (Å²) in [6.07, 6.45) is 3.31. The monoisotopic (exact) mass is 221 g/mol. The number of pyridine rings is 1. The molecule has 0 saturated heterocycles. The van der Waals surface area contributed by atoms with Crippen LogP contribution in [0, 0.1) is 6.92 Å². The normalized spacial score (nSPS) is 10.5. The second-order valence-electron chi connectivity index (χ2n) is 4.12. The van der Waals surface area contributed by atoms with Crippen LogP contribution in [0.25, 0.3) is 0 Å². The van der Waals surface area contributed by atoms with Gasteiger partial charge in [-0.3, -0.25) is 9.78 Å². The summed E-state index contributed by atoms with van der Waals surface area (Å²) in [5, 5.41) is 6.07. The SMILES string of the molecule is Cc1cncc(C(=O)NCCNC(C)C)c1. The Balaban J connectivity index is 2.35. The highest BCUT2D eigenvalue weighted by Gasteiger charge is 2.04. The van der Waals surface area contributed by atoms with Gasteiger partial charge in [0.05, 0.1) is 5.56 Å². The number of rotatable bonds is 5. The fraction of sp³-hybridized carbons (Fsp3) is 0.500. The summed E-state index contributed by atoms with van der Waals surface area (Å²) in [6, 6.07) is 2.27. The van der Waals surface area contributed by atoms with Crippen molar-refractivity contribution in [3.05, 3.63) is 29.6 Å². The number of hydrogen-bond acceptors (Lipinski definition) is 3. The Morgan fingerprint density at radius 2 is 2.12 bits per heavy atom. The molecule has 4 nitrogen and oxygen atoms in total. The summed E-state index contributed by atoms with van der Waals surface area (Å²) in [5.74, 6) is -0.0678. The lowest BCUT2D eigenvalue weighted by molar-refractivity contribution is 0.0953. The topological polar surface area (TPSA) is 54.0 Å². The predicted molar refractivity (Wildman–Crippen MR) is 64.4 cm³/mol. The van der Waals surface area contributed by atoms with Crippen LogP contribution < -0.4 is 10.6 Å². The average Bonchev–Trinajstić information content (AvgIpc) is 2.24. The second kappa shape index (κ2) is 6.23. The summed E-state index contributed by atoms with van der Waals surface area (Å²) in [4.78, 5) is 15.6. The fourth-order valence-corrected chi connectivity index (χ4v) is 1.32. The van der Waals surface area contributed by atoms with Crippen LogP contribution in [-0.4, -0.2) is 30.0 Å². The zero-order valence-corrected chi connectivity index (χ0v) is 10.1. The maximum absolute atomic E-state index is 11.7. The molecule has 0 aliphatic rings. The van der Waals surface area contributed by atoms with Crippen LogP contribution in [0.5, 0.6) is 0 Å². The number of aryl methyl sites for hydroxylation is 1. The molecular formula is C12H19N3O. The Morgan fingerprint density at radius 1 is 1.38 bits per heavy atom. The molecule has 0 aliphatic heterocycles. The number of amides is 1. The second-order valence-corrected chi connectivity index (χ2v) is 4.12. The van der Waals surface area contributed by atoms with Gasteiger partial charge in [-0.15, -0.1) is 0 Å². The Morgan fingerprint density at radius 3 is 2.75 bits per heavy atom. The molecule has 88 valence electrons. The van der Waals surface area contributed by atoms with E-state index in [2.05, 4.69) is 29.5 Å². The molecule has 0 radical (unpaired) electrons. The van der Waals surface area contributed by atoms with E-state index >= 15 is 0 Å². The molecule has 1 rings (SSSR count). The predicted octanol–water partition coefficient (Wildman–Crippen LogP) is 1.12. The number of nitrogens with one attached hydrogen (secondary N) is 2. The third-order valence-corrected chi connectivity index (χ3v) is 2.10. The first-order valence-electron chi connectivity index (χ1n) is 5.53. The van der Waals surface area contributed by atoms with Gasteiger partial charge in [0.2, 0.25) is 0 Å². The van der Waals surface area contributed by atoms with Gasteiger partial charge in [-0.1, -0.05) is 13.8 Å². The highest BCUT2D eigenvalue weighted by Crippen LogP contribution is 2.00. The molecule has 1 amide bonds. The van der Waals surface area contributed by atoms with Crippen molar-refractivity contribution >= 4 is 5.91 Å². The smallest absolute Gasteiger partial charge is 0.252 e. The number of hydrogen-bond donors (Lipinski definition) is 2. The van der Waals surface area contributed by atoms with E-state index in [1.807, 2.05) is 13.0 Å². The van der Waals surface area contributed by atoms with Crippen LogP contribution in [0.4, 0.5) is 0 Å². The minimum atomic E-state index is -0.0678. The van der Waals surface area contributed by atoms with Crippen LogP contribution in [-0.2, 0) is 0 Å². The summed E-state index contributed by atoms with van der Waals surface area (Å²) < 4.78 is 0. The van der Waals surface area contributed by atoms with Gasteiger partial charge in [-0.2, -0.15) is 0 Å². The first-order chi connectivity index (χ1) is 7.59. The van der Waals surface area contributed by atoms with E-state index in [1.165, 1.54) is 0 Å². The summed E-state index contributed by atoms with van der Waals surface area (Å²) >= 11 is 0. The van der Waals surface area contributed by atoms with E-state index in [4.69, 9.17) is 0 Å². The molecule has 0 atom stereocenters. The van der Waals surface area contributed by atoms with Crippen molar-refractivity contribution < 1.29 is 4.79 Å². The molecule has 1 heterocycles. The van der Waals surface area contributed by atoms with Gasteiger partial charge in [0, 0.05) is 31.5 Å². The third-order valence-electron chi connectivity index (χ3n) is 2.10. The lowest BCUT2D eigenvalue weighted by atomic mass is 10.2. The Kier molecular flexibility index (Phi) is 4.92. The van der Waals surface area contributed by atoms with Crippen molar-refractivity contribution in [1.82, 2.24) is 15.6 Å². The van der Waals surface area contributed by atoms with Crippen molar-refractivity contribution in [1.29, 1.82) is 0 Å². The number of carbonyl (C=O) groups excluding carboxylic acids is 1. The first kappa shape index (κ1) is 12.6. The van der Waals surface area contributed by atoms with Gasteiger partial charge < -0.3 is 10.6 Å². The maximum Gasteiger partial charge on any atom is 0.252 e. The zero-order chi connectivity index (χ0) is 12.0. The van der Waals surface area contributed by atoms with Gasteiger partial charge in [0.1, 0.15) is 0 Å². The molecule has 0 saturated carbocycles. The standard InChI is InChI=1S/C12H19N3O/c1-9(2)14-4-5-15-12(16)11-6-10(3)7-13-8-11/h6-9,14H,4-5H2,1-3H3,(H,15,16). The molecule has 0 unspecified atom stereocenters. The van der Waals surface area contributed by atoms with E-state index in [0.717, 1.165) is 12.1 Å². The van der Waals surface area contributed by atoms with Gasteiger partial charge in [0.25, 0.3) is 5.91 Å². The maximum atomic E-state index is 11.7. The van der Waals surface area contributed by atoms with Gasteiger partial charge in [-0.25, -0.2) is 0 Å². The molecule has 16 heavy (non-hydrogen) atoms. The largest absolute Gasteiger partial charge is 0.351 e. The first-order valence-corrected chi connectivity index (χ1v) is 5.53. The van der Waals surface area contributed by atoms with Gasteiger partial charge in [-0.05, 0) is 18.6 Å². The molecule has 2 N–H and O–H groups in total. The summed E-state index contributed by atoms with van der Waals surface area (Å²) in [6.45, 7) is 7.48. The zero-order valence-electron chi connectivity index (χ0n) is 10.1. The van der Waals surface area contributed by atoms with Crippen LogP contribution in [0.2, 0.25) is 0 Å². The minimum absolute atomic E-state index is 0.0678. The molecule has 1 aromatic rings. The lowest BCUT2D eigenvalue weighted by Gasteiger charge is -2.09. The molecule has 0 spiro atoms. The van der Waals surface area contributed by atoms with Crippen molar-refractivity contribution in [2.75, 3.05) is 13.1 Å². The molecule has 0 bridgehead atoms. The Bertz CT molecular complexity index is 350. The fourth-order valence-electron chi connectivity index (χ4n) is 1.32. The summed E-state index contributed by atoms with van der Waals surface area (Å²) in [5.41, 5.74) is 1.61. The molecular weight excluding hydrogens is 202 g/mol. The minimum Gasteiger partial charge on any atom is -0.351 e. The molecule has 1 aromatic heterocycles. The highest BCUT2D eigenvalue weighted by molar-refractivity contribution is 5.93. The lowest BCUT2D eigenvalue weighted by Crippen LogP contribution is -2.34. The van der Waals surface area contributed by atoms with Gasteiger partial charge in [0.15, 0.2) is 0 Å². The average molecular weight is 221 g/mol. The van der Waals surface area contributed by atoms with E-state index in [0.29, 0.717) is 18.2 Å². The van der Waals surface area contributed by atoms with Crippen molar-refractivity contribution in [2.24, 2.45) is 0 Å². The number of nitrogens with zero attached hydrogens (tertiary/aromatic N) is 1. The quantitative estimate of drug-likeness (QED) is 0.733. The van der Waals surface area contributed by atoms with Crippen LogP contribution in [0.15, 0.2) is 18.5 Å². The third kappa shape index (κ3) is 4.40. The Labute approximate surface area is 96.5 Å². The van der Waals surface area contributed by atoms with Crippen LogP contribution >= 0.6 is 0 Å². The molecule has 0 fully saturated rings. The molecule has 0 aromatic carbocycles. The van der Waals surface area contributed by atoms with E-state index in [-0.39, 0.29) is 5.91 Å². The van der Waals surface area contributed by atoms with Crippen molar-refractivity contribution in [3.8, 4) is 0 Å². The van der Waals surface area contributed by atoms with E-state index in [9.17, 15) is 4.79 Å². The van der Waals surface area contributed by atoms with E-state index in [1.54, 1.807) is 12.4 Å². The van der Waals surface area contributed by atoms with Gasteiger partial charge >= 0.3 is 0 Å². The Hall–Kier alpha value is -1.42. The highest BCUT2D eigenvalue weighted by atomic mass is 16.1. The van der Waals surface area contributed by atoms with Crippen molar-refractivity contribution in [2.45, 2.75) is 26.8 Å². The van der Waals surface area contributed by atoms with Crippen LogP contribution in [0.1, 0.15) is 29.8 Å². The summed E-state index contributed by atoms with van der Waals surface area (Å²) in [7, 11) is 0. The number of aromatic nitrogens is 1. The van der Waals surface area contributed by atoms with E-state index < -0.39 is 0 Å².